The van der Waals surface area contributed by atoms with E-state index in [-0.39, 0.29) is 0 Å². The second kappa shape index (κ2) is 25.2. The molecule has 0 aliphatic heterocycles. The highest BCUT2D eigenvalue weighted by atomic mass is 15.2. The fourth-order valence-electron chi connectivity index (χ4n) is 15.2. The highest BCUT2D eigenvalue weighted by Crippen LogP contribution is 2.45. The number of para-hydroxylation sites is 9. The Hall–Kier alpha value is -13.8. The fraction of sp³-hybridized carbons (Fsp3) is 0. The zero-order valence-corrected chi connectivity index (χ0v) is 55.5. The predicted molar refractivity (Wildman–Crippen MR) is 425 cm³/mol. The molecule has 15 aromatic carbocycles. The molecular weight excluding hydrogens is 1240 g/mol. The SMILES string of the molecule is c1ccc(N(c2cccc(-c3nc(-c4cccc(-n5c6ccccc6c6cc(N(c7ccccc7)c7ccccc7)ccc65)c4)cc(-c4cccc(-n5c6ccccc6c6cc(N(c7ccccc7)c7ccccc7)ccc65)c4)n3)c2)c2ccc3c(c2)c2ccccc2n3-c2ccccc2)cc1. The molecule has 4 aromatic heterocycles. The lowest BCUT2D eigenvalue weighted by Crippen LogP contribution is -2.10. The molecule has 0 amide bonds. The average molecular weight is 1310 g/mol. The van der Waals surface area contributed by atoms with Gasteiger partial charge >= 0.3 is 0 Å². The first-order chi connectivity index (χ1) is 50.6. The van der Waals surface area contributed by atoms with E-state index in [1.54, 1.807) is 0 Å². The summed E-state index contributed by atoms with van der Waals surface area (Å²) >= 11 is 0. The van der Waals surface area contributed by atoms with Gasteiger partial charge in [0.25, 0.3) is 0 Å². The number of rotatable bonds is 15. The maximum atomic E-state index is 5.65. The molecule has 480 valence electrons. The summed E-state index contributed by atoms with van der Waals surface area (Å²) in [5.41, 5.74) is 23.8. The van der Waals surface area contributed by atoms with Crippen molar-refractivity contribution in [2.75, 3.05) is 14.7 Å². The highest BCUT2D eigenvalue weighted by Gasteiger charge is 2.24. The van der Waals surface area contributed by atoms with Gasteiger partial charge in [-0.25, -0.2) is 9.97 Å². The molecular formula is C94H64N8. The van der Waals surface area contributed by atoms with Crippen molar-refractivity contribution in [3.05, 3.63) is 388 Å². The van der Waals surface area contributed by atoms with Gasteiger partial charge in [-0.1, -0.05) is 200 Å². The topological polar surface area (TPSA) is 50.3 Å². The minimum atomic E-state index is 0.603. The Morgan fingerprint density at radius 1 is 0.176 bits per heavy atom. The molecule has 0 spiro atoms. The largest absolute Gasteiger partial charge is 0.310 e. The Morgan fingerprint density at radius 2 is 0.451 bits per heavy atom. The van der Waals surface area contributed by atoms with Crippen molar-refractivity contribution >= 4 is 117 Å². The van der Waals surface area contributed by atoms with E-state index in [1.807, 2.05) is 0 Å². The van der Waals surface area contributed by atoms with Crippen molar-refractivity contribution < 1.29 is 0 Å². The number of hydrogen-bond acceptors (Lipinski definition) is 5. The van der Waals surface area contributed by atoms with Crippen molar-refractivity contribution in [3.63, 3.8) is 0 Å². The Morgan fingerprint density at radius 3 is 0.833 bits per heavy atom. The Balaban J connectivity index is 0.770. The summed E-state index contributed by atoms with van der Waals surface area (Å²) in [5, 5.41) is 7.01. The molecule has 0 saturated heterocycles. The minimum absolute atomic E-state index is 0.603. The molecule has 0 aliphatic rings. The maximum Gasteiger partial charge on any atom is 0.160 e. The summed E-state index contributed by atoms with van der Waals surface area (Å²) in [7, 11) is 0. The zero-order valence-electron chi connectivity index (χ0n) is 55.5. The molecule has 8 nitrogen and oxygen atoms in total. The predicted octanol–water partition coefficient (Wildman–Crippen LogP) is 25.2. The van der Waals surface area contributed by atoms with Gasteiger partial charge in [0.2, 0.25) is 0 Å². The van der Waals surface area contributed by atoms with Crippen LogP contribution in [0.15, 0.2) is 388 Å². The van der Waals surface area contributed by atoms with Crippen LogP contribution < -0.4 is 14.7 Å². The lowest BCUT2D eigenvalue weighted by atomic mass is 10.0. The van der Waals surface area contributed by atoms with Crippen LogP contribution in [-0.4, -0.2) is 23.7 Å². The van der Waals surface area contributed by atoms with Gasteiger partial charge in [-0.05, 0) is 188 Å². The number of nitrogens with zero attached hydrogens (tertiary/aromatic N) is 8. The van der Waals surface area contributed by atoms with E-state index < -0.39 is 0 Å². The highest BCUT2D eigenvalue weighted by molar-refractivity contribution is 6.13. The van der Waals surface area contributed by atoms with Gasteiger partial charge in [-0.3, -0.25) is 0 Å². The standard InChI is InChI=1S/C94H64N8/c1-7-31-68(32-8-1)97(69-33-9-2-10-34-69)77-52-56-92-84(61-77)81-47-20-23-50-89(81)101(92)75-44-25-28-65(58-75)86-64-87(66-29-26-45-76(59-66)102-90-51-24-21-48-82(90)85-62-78(53-57-93(85)102)98(70-35-11-3-12-36-70)71-37-13-4-14-38-71)96-94(95-86)67-30-27-43-74(60-67)99(72-39-15-5-16-40-72)79-54-55-91-83(63-79)80-46-19-22-49-88(80)100(91)73-41-17-6-18-42-73/h1-64H. The lowest BCUT2D eigenvalue weighted by Gasteiger charge is -2.26. The van der Waals surface area contributed by atoms with Crippen LogP contribution in [0.2, 0.25) is 0 Å². The summed E-state index contributed by atoms with van der Waals surface area (Å²) in [6.07, 6.45) is 0. The van der Waals surface area contributed by atoms with Crippen LogP contribution >= 0.6 is 0 Å². The van der Waals surface area contributed by atoms with Crippen LogP contribution in [0.3, 0.4) is 0 Å². The third-order valence-corrected chi connectivity index (χ3v) is 19.7. The van der Waals surface area contributed by atoms with E-state index in [0.29, 0.717) is 5.82 Å². The number of anilines is 9. The first-order valence-corrected chi connectivity index (χ1v) is 34.6. The average Bonchev–Trinajstić information content (AvgIpc) is 1.59. The molecule has 4 heterocycles. The first kappa shape index (κ1) is 59.4. The number of aromatic nitrogens is 5. The third-order valence-electron chi connectivity index (χ3n) is 19.7. The van der Waals surface area contributed by atoms with Gasteiger partial charge < -0.3 is 28.4 Å². The fourth-order valence-corrected chi connectivity index (χ4v) is 15.2. The molecule has 0 fully saturated rings. The van der Waals surface area contributed by atoms with E-state index in [0.717, 1.165) is 140 Å². The molecule has 0 aliphatic carbocycles. The monoisotopic (exact) mass is 1300 g/mol. The Kier molecular flexibility index (Phi) is 14.7. The van der Waals surface area contributed by atoms with Gasteiger partial charge in [0.1, 0.15) is 0 Å². The number of benzene rings is 15. The molecule has 0 bridgehead atoms. The van der Waals surface area contributed by atoms with E-state index >= 15 is 0 Å². The van der Waals surface area contributed by atoms with Gasteiger partial charge in [-0.15, -0.1) is 0 Å². The van der Waals surface area contributed by atoms with Crippen LogP contribution in [0, 0.1) is 0 Å². The van der Waals surface area contributed by atoms with Crippen molar-refractivity contribution in [2.45, 2.75) is 0 Å². The zero-order chi connectivity index (χ0) is 67.5. The van der Waals surface area contributed by atoms with E-state index in [2.05, 4.69) is 417 Å². The van der Waals surface area contributed by atoms with Crippen molar-refractivity contribution in [1.29, 1.82) is 0 Å². The van der Waals surface area contributed by atoms with E-state index in [1.165, 1.54) is 21.5 Å². The molecule has 19 aromatic rings. The second-order valence-corrected chi connectivity index (χ2v) is 25.8. The summed E-state index contributed by atoms with van der Waals surface area (Å²) in [6, 6.07) is 139. The molecule has 0 atom stereocenters. The molecule has 0 saturated carbocycles. The quantitative estimate of drug-likeness (QED) is 0.102. The Labute approximate surface area is 590 Å². The lowest BCUT2D eigenvalue weighted by molar-refractivity contribution is 1.16. The number of hydrogen-bond donors (Lipinski definition) is 0. The summed E-state index contributed by atoms with van der Waals surface area (Å²) in [4.78, 5) is 18.3. The molecule has 8 heteroatoms. The van der Waals surface area contributed by atoms with Crippen LogP contribution in [0.1, 0.15) is 0 Å². The van der Waals surface area contributed by atoms with E-state index in [4.69, 9.17) is 9.97 Å². The molecule has 0 radical (unpaired) electrons. The van der Waals surface area contributed by atoms with Crippen LogP contribution in [-0.2, 0) is 0 Å². The van der Waals surface area contributed by atoms with Crippen LogP contribution in [0.4, 0.5) is 51.2 Å². The Bertz CT molecular complexity index is 5980. The van der Waals surface area contributed by atoms with Crippen molar-refractivity contribution in [3.8, 4) is 51.0 Å². The van der Waals surface area contributed by atoms with Crippen molar-refractivity contribution in [2.24, 2.45) is 0 Å². The molecule has 0 unspecified atom stereocenters. The van der Waals surface area contributed by atoms with Gasteiger partial charge in [-0.2, -0.15) is 0 Å². The van der Waals surface area contributed by atoms with E-state index in [9.17, 15) is 0 Å². The molecule has 102 heavy (non-hydrogen) atoms. The molecule has 0 N–H and O–H groups in total. The van der Waals surface area contributed by atoms with Gasteiger partial charge in [0.05, 0.1) is 44.5 Å². The maximum absolute atomic E-state index is 5.65. The normalized spacial score (nSPS) is 11.5. The first-order valence-electron chi connectivity index (χ1n) is 34.6. The smallest absolute Gasteiger partial charge is 0.160 e. The molecule has 19 rings (SSSR count). The second-order valence-electron chi connectivity index (χ2n) is 25.8. The summed E-state index contributed by atoms with van der Waals surface area (Å²) in [6.45, 7) is 0. The van der Waals surface area contributed by atoms with Crippen LogP contribution in [0.25, 0.3) is 116 Å². The third kappa shape index (κ3) is 10.5. The number of fused-ring (bicyclic) bond motifs is 9. The van der Waals surface area contributed by atoms with Crippen molar-refractivity contribution in [1.82, 2.24) is 23.7 Å². The van der Waals surface area contributed by atoms with Crippen LogP contribution in [0.5, 0.6) is 0 Å². The van der Waals surface area contributed by atoms with Gasteiger partial charge in [0.15, 0.2) is 5.82 Å². The minimum Gasteiger partial charge on any atom is -0.310 e. The summed E-state index contributed by atoms with van der Waals surface area (Å²) in [5.74, 6) is 0.603. The van der Waals surface area contributed by atoms with Gasteiger partial charge in [0, 0.05) is 117 Å². The summed E-state index contributed by atoms with van der Waals surface area (Å²) < 4.78 is 7.16.